The summed E-state index contributed by atoms with van der Waals surface area (Å²) in [7, 11) is 1.35. The van der Waals surface area contributed by atoms with E-state index in [1.807, 2.05) is 0 Å². The lowest BCUT2D eigenvalue weighted by atomic mass is 9.77. The van der Waals surface area contributed by atoms with Crippen LogP contribution in [-0.2, 0) is 20.8 Å². The van der Waals surface area contributed by atoms with Crippen LogP contribution in [0.3, 0.4) is 0 Å². The molecule has 3 heterocycles. The van der Waals surface area contributed by atoms with Crippen LogP contribution in [0.2, 0.25) is 0 Å². The standard InChI is InChI=1S/C24H24F5N3O5/c1-11-16(12-4-5-14(25)17(26)19(12)36-9-8-35-3)20(37-23(11,2)24(27,28)29)22(34)32-15-6-7-30-18-13(15)10-31-21(18)33/h4-7,11,16,20H,8-10H2,1-3H3,(H,31,33)(H,30,32,34)/t11-,16-,20+,23+/m0/s1. The van der Waals surface area contributed by atoms with Crippen molar-refractivity contribution < 1.29 is 45.8 Å². The molecule has 13 heteroatoms. The Morgan fingerprint density at radius 1 is 1.27 bits per heavy atom. The van der Waals surface area contributed by atoms with Crippen LogP contribution in [0.25, 0.3) is 0 Å². The highest BCUT2D eigenvalue weighted by Gasteiger charge is 2.66. The van der Waals surface area contributed by atoms with Gasteiger partial charge in [0.1, 0.15) is 18.4 Å². The number of alkyl halides is 3. The van der Waals surface area contributed by atoms with Gasteiger partial charge in [-0.25, -0.2) is 4.39 Å². The number of amides is 2. The average Bonchev–Trinajstić information content (AvgIpc) is 3.35. The van der Waals surface area contributed by atoms with E-state index in [4.69, 9.17) is 14.2 Å². The fourth-order valence-electron chi connectivity index (χ4n) is 4.65. The third-order valence-electron chi connectivity index (χ3n) is 6.85. The second-order valence-electron chi connectivity index (χ2n) is 8.94. The number of ether oxygens (including phenoxy) is 3. The minimum Gasteiger partial charge on any atom is -0.488 e. The molecular weight excluding hydrogens is 505 g/mol. The van der Waals surface area contributed by atoms with Crippen LogP contribution >= 0.6 is 0 Å². The van der Waals surface area contributed by atoms with Crippen LogP contribution in [-0.4, -0.2) is 55.0 Å². The topological polar surface area (TPSA) is 98.8 Å². The van der Waals surface area contributed by atoms with Crippen LogP contribution in [0.15, 0.2) is 24.4 Å². The normalized spacial score (nSPS) is 25.1. The Kier molecular flexibility index (Phi) is 7.12. The van der Waals surface area contributed by atoms with Gasteiger partial charge in [-0.1, -0.05) is 13.0 Å². The van der Waals surface area contributed by atoms with Gasteiger partial charge in [0.15, 0.2) is 17.2 Å². The first-order valence-corrected chi connectivity index (χ1v) is 11.3. The van der Waals surface area contributed by atoms with Gasteiger partial charge in [0, 0.05) is 48.5 Å². The summed E-state index contributed by atoms with van der Waals surface area (Å²) in [5.74, 6) is -7.52. The van der Waals surface area contributed by atoms with Crippen molar-refractivity contribution in [2.24, 2.45) is 5.92 Å². The number of halogens is 5. The highest BCUT2D eigenvalue weighted by molar-refractivity contribution is 6.01. The number of rotatable bonds is 7. The molecule has 1 aromatic carbocycles. The number of carbonyl (C=O) groups is 2. The first kappa shape index (κ1) is 26.7. The van der Waals surface area contributed by atoms with Crippen molar-refractivity contribution in [2.45, 2.75) is 44.2 Å². The van der Waals surface area contributed by atoms with Crippen molar-refractivity contribution in [3.05, 3.63) is 52.9 Å². The molecule has 2 N–H and O–H groups in total. The average molecular weight is 529 g/mol. The summed E-state index contributed by atoms with van der Waals surface area (Å²) in [6.07, 6.45) is -5.40. The van der Waals surface area contributed by atoms with E-state index >= 15 is 0 Å². The van der Waals surface area contributed by atoms with E-state index in [0.29, 0.717) is 5.56 Å². The Labute approximate surface area is 208 Å². The van der Waals surface area contributed by atoms with Crippen molar-refractivity contribution in [2.75, 3.05) is 25.6 Å². The van der Waals surface area contributed by atoms with E-state index < -0.39 is 58.9 Å². The molecule has 200 valence electrons. The summed E-state index contributed by atoms with van der Waals surface area (Å²) in [5, 5.41) is 5.07. The zero-order valence-electron chi connectivity index (χ0n) is 20.0. The van der Waals surface area contributed by atoms with Crippen LogP contribution in [0.5, 0.6) is 5.75 Å². The van der Waals surface area contributed by atoms with Gasteiger partial charge in [0.25, 0.3) is 11.8 Å². The number of methoxy groups -OCH3 is 1. The zero-order chi connectivity index (χ0) is 27.1. The Bertz CT molecular complexity index is 1220. The molecule has 0 radical (unpaired) electrons. The summed E-state index contributed by atoms with van der Waals surface area (Å²) in [6.45, 7) is 1.86. The predicted octanol–water partition coefficient (Wildman–Crippen LogP) is 3.71. The summed E-state index contributed by atoms with van der Waals surface area (Å²) < 4.78 is 87.0. The van der Waals surface area contributed by atoms with E-state index in [9.17, 15) is 31.5 Å². The molecular formula is C24H24F5N3O5. The molecule has 2 aliphatic rings. The molecule has 0 aliphatic carbocycles. The first-order valence-electron chi connectivity index (χ1n) is 11.3. The Morgan fingerprint density at radius 3 is 2.68 bits per heavy atom. The Morgan fingerprint density at radius 2 is 2.00 bits per heavy atom. The van der Waals surface area contributed by atoms with E-state index in [2.05, 4.69) is 15.6 Å². The summed E-state index contributed by atoms with van der Waals surface area (Å²) in [6, 6.07) is 3.23. The number of anilines is 1. The number of benzene rings is 1. The summed E-state index contributed by atoms with van der Waals surface area (Å²) in [4.78, 5) is 29.3. The molecule has 4 rings (SSSR count). The van der Waals surface area contributed by atoms with Gasteiger partial charge in [-0.05, 0) is 19.1 Å². The van der Waals surface area contributed by atoms with Gasteiger partial charge in [0.05, 0.1) is 6.61 Å². The maximum Gasteiger partial charge on any atom is 0.417 e. The van der Waals surface area contributed by atoms with Crippen molar-refractivity contribution in [1.82, 2.24) is 10.3 Å². The lowest BCUT2D eigenvalue weighted by molar-refractivity contribution is -0.272. The van der Waals surface area contributed by atoms with Gasteiger partial charge in [-0.15, -0.1) is 0 Å². The molecule has 0 bridgehead atoms. The fraction of sp³-hybridized carbons (Fsp3) is 0.458. The lowest BCUT2D eigenvalue weighted by Crippen LogP contribution is -2.47. The van der Waals surface area contributed by atoms with Gasteiger partial charge in [0.2, 0.25) is 5.82 Å². The number of nitrogens with one attached hydrogen (secondary N) is 2. The van der Waals surface area contributed by atoms with Gasteiger partial charge < -0.3 is 24.8 Å². The van der Waals surface area contributed by atoms with Gasteiger partial charge >= 0.3 is 6.18 Å². The SMILES string of the molecule is COCCOc1c([C@H]2[C@H](C(=O)Nc3ccnc4c3CNC4=O)O[C@@](C)(C(F)(F)F)[C@H]2C)ccc(F)c1F. The smallest absolute Gasteiger partial charge is 0.417 e. The van der Waals surface area contributed by atoms with Crippen LogP contribution in [0.4, 0.5) is 27.6 Å². The maximum absolute atomic E-state index is 14.8. The number of hydrogen-bond donors (Lipinski definition) is 2. The second-order valence-corrected chi connectivity index (χ2v) is 8.94. The van der Waals surface area contributed by atoms with Crippen molar-refractivity contribution in [3.63, 3.8) is 0 Å². The molecule has 0 spiro atoms. The Hall–Kier alpha value is -3.32. The third-order valence-corrected chi connectivity index (χ3v) is 6.85. The first-order chi connectivity index (χ1) is 17.4. The van der Waals surface area contributed by atoms with Crippen molar-refractivity contribution in [1.29, 1.82) is 0 Å². The van der Waals surface area contributed by atoms with Gasteiger partial charge in [-0.2, -0.15) is 17.6 Å². The van der Waals surface area contributed by atoms with Crippen LogP contribution in [0.1, 0.15) is 41.4 Å². The van der Waals surface area contributed by atoms with Gasteiger partial charge in [-0.3, -0.25) is 14.6 Å². The maximum atomic E-state index is 14.8. The highest BCUT2D eigenvalue weighted by atomic mass is 19.4. The quantitative estimate of drug-likeness (QED) is 0.419. The molecule has 0 saturated carbocycles. The summed E-state index contributed by atoms with van der Waals surface area (Å²) >= 11 is 0. The fourth-order valence-corrected chi connectivity index (χ4v) is 4.65. The molecule has 37 heavy (non-hydrogen) atoms. The molecule has 8 nitrogen and oxygen atoms in total. The molecule has 1 aromatic heterocycles. The second kappa shape index (κ2) is 9.86. The monoisotopic (exact) mass is 529 g/mol. The molecule has 2 aliphatic heterocycles. The molecule has 2 amide bonds. The van der Waals surface area contributed by atoms with Crippen molar-refractivity contribution in [3.8, 4) is 5.75 Å². The van der Waals surface area contributed by atoms with E-state index in [-0.39, 0.29) is 36.7 Å². The predicted molar refractivity (Wildman–Crippen MR) is 119 cm³/mol. The third kappa shape index (κ3) is 4.61. The highest BCUT2D eigenvalue weighted by Crippen LogP contribution is 2.55. The van der Waals surface area contributed by atoms with Crippen LogP contribution < -0.4 is 15.4 Å². The molecule has 1 fully saturated rings. The lowest BCUT2D eigenvalue weighted by Gasteiger charge is -2.32. The number of aromatic nitrogens is 1. The zero-order valence-corrected chi connectivity index (χ0v) is 20.0. The van der Waals surface area contributed by atoms with E-state index in [1.54, 1.807) is 0 Å². The minimum atomic E-state index is -4.90. The van der Waals surface area contributed by atoms with E-state index in [0.717, 1.165) is 19.1 Å². The molecule has 0 unspecified atom stereocenters. The summed E-state index contributed by atoms with van der Waals surface area (Å²) in [5.41, 5.74) is -2.37. The number of carbonyl (C=O) groups excluding carboxylic acids is 2. The molecule has 4 atom stereocenters. The number of pyridine rings is 1. The Balaban J connectivity index is 1.77. The molecule has 2 aromatic rings. The minimum absolute atomic E-state index is 0.00377. The van der Waals surface area contributed by atoms with E-state index in [1.165, 1.54) is 26.3 Å². The molecule has 1 saturated heterocycles. The number of hydrogen-bond acceptors (Lipinski definition) is 6. The largest absolute Gasteiger partial charge is 0.488 e. The number of nitrogens with zero attached hydrogens (tertiary/aromatic N) is 1. The number of fused-ring (bicyclic) bond motifs is 1. The van der Waals surface area contributed by atoms with Crippen molar-refractivity contribution >= 4 is 17.5 Å². The van der Waals surface area contributed by atoms with Crippen LogP contribution in [0, 0.1) is 17.6 Å².